The lowest BCUT2D eigenvalue weighted by molar-refractivity contribution is 0.728. The molecule has 250 valence electrons. The smallest absolute Gasteiger partial charge is 0.0554 e. The van der Waals surface area contributed by atoms with Gasteiger partial charge in [0.15, 0.2) is 0 Å². The molecule has 0 amide bonds. The van der Waals surface area contributed by atoms with Gasteiger partial charge in [0.2, 0.25) is 0 Å². The molecule has 0 spiro atoms. The first-order chi connectivity index (χ1) is 25.7. The van der Waals surface area contributed by atoms with Crippen molar-refractivity contribution in [1.29, 1.82) is 0 Å². The second kappa shape index (κ2) is 12.9. The fourth-order valence-corrected chi connectivity index (χ4v) is 10.9. The molecule has 0 bridgehead atoms. The number of hydrogen-bond donors (Lipinski definition) is 0. The summed E-state index contributed by atoms with van der Waals surface area (Å²) in [5, 5.41) is 6.67. The maximum Gasteiger partial charge on any atom is 0.0554 e. The zero-order chi connectivity index (χ0) is 34.6. The van der Waals surface area contributed by atoms with Crippen molar-refractivity contribution in [3.63, 3.8) is 0 Å². The average Bonchev–Trinajstić information content (AvgIpc) is 3.76. The number of para-hydroxylation sites is 1. The van der Waals surface area contributed by atoms with Crippen molar-refractivity contribution in [1.82, 2.24) is 0 Å². The summed E-state index contributed by atoms with van der Waals surface area (Å²) in [5.74, 6) is 0.829. The third-order valence-corrected chi connectivity index (χ3v) is 13.2. The molecule has 0 saturated heterocycles. The quantitative estimate of drug-likeness (QED) is 0.160. The van der Waals surface area contributed by atoms with E-state index in [0.717, 1.165) is 18.5 Å². The Labute approximate surface area is 312 Å². The minimum atomic E-state index is 0.244. The highest BCUT2D eigenvalue weighted by molar-refractivity contribution is 7.26. The fraction of sp³-hybridized carbons (Fsp3) is 0.102. The summed E-state index contributed by atoms with van der Waals surface area (Å²) in [4.78, 5) is 3.99. The molecule has 1 unspecified atom stereocenters. The van der Waals surface area contributed by atoms with Gasteiger partial charge in [0.05, 0.1) is 5.69 Å². The van der Waals surface area contributed by atoms with E-state index in [1.54, 1.807) is 0 Å². The maximum atomic E-state index is 2.52. The zero-order valence-electron chi connectivity index (χ0n) is 29.0. The van der Waals surface area contributed by atoms with Crippen molar-refractivity contribution in [2.45, 2.75) is 25.7 Å². The summed E-state index contributed by atoms with van der Waals surface area (Å²) in [6.45, 7) is 2.32. The fourth-order valence-electron chi connectivity index (χ4n) is 8.33. The van der Waals surface area contributed by atoms with Gasteiger partial charge in [-0.3, -0.25) is 0 Å². The number of allylic oxidation sites excluding steroid dienone is 1. The lowest BCUT2D eigenvalue weighted by atomic mass is 9.84. The molecule has 7 aromatic carbocycles. The Morgan fingerprint density at radius 2 is 1.29 bits per heavy atom. The van der Waals surface area contributed by atoms with E-state index >= 15 is 0 Å². The number of nitrogens with zero attached hydrogens (tertiary/aromatic N) is 1. The maximum absolute atomic E-state index is 2.52. The lowest BCUT2D eigenvalue weighted by Gasteiger charge is -2.27. The van der Waals surface area contributed by atoms with Gasteiger partial charge in [0.1, 0.15) is 0 Å². The third-order valence-electron chi connectivity index (χ3n) is 10.8. The van der Waals surface area contributed by atoms with E-state index < -0.39 is 0 Å². The van der Waals surface area contributed by atoms with Crippen molar-refractivity contribution in [2.24, 2.45) is 5.92 Å². The number of rotatable bonds is 7. The van der Waals surface area contributed by atoms with E-state index in [-0.39, 0.29) is 5.92 Å². The van der Waals surface area contributed by atoms with E-state index in [1.807, 2.05) is 22.7 Å². The largest absolute Gasteiger partial charge is 0.310 e. The molecule has 0 fully saturated rings. The Morgan fingerprint density at radius 1 is 0.596 bits per heavy atom. The van der Waals surface area contributed by atoms with Crippen molar-refractivity contribution < 1.29 is 0 Å². The summed E-state index contributed by atoms with van der Waals surface area (Å²) in [6, 6.07) is 58.5. The van der Waals surface area contributed by atoms with Crippen LogP contribution in [-0.2, 0) is 12.8 Å². The van der Waals surface area contributed by atoms with E-state index in [0.29, 0.717) is 5.92 Å². The standard InChI is InChI=1S/C49H37NS2/c1-32-24-26-39-42-31-37(25-27-45(42)51-47(39)28-32)50(36-18-9-4-10-19-36)44-22-13-23-46-48(44)43-30-35(38-20-11-12-21-40(38)49(43)52-46)29-41(33-14-5-2-6-15-33)34-16-7-3-8-17-34/h2-27,30-32,41H,28-29H2,1H3. The van der Waals surface area contributed by atoms with E-state index in [9.17, 15) is 0 Å². The highest BCUT2D eigenvalue weighted by Gasteiger charge is 2.23. The first-order valence-corrected chi connectivity index (χ1v) is 19.9. The molecule has 0 N–H and O–H groups in total. The molecule has 0 aliphatic heterocycles. The van der Waals surface area contributed by atoms with Gasteiger partial charge in [0, 0.05) is 52.4 Å². The molecule has 2 aromatic heterocycles. The molecule has 1 aliphatic rings. The zero-order valence-corrected chi connectivity index (χ0v) is 30.6. The molecule has 0 saturated carbocycles. The third kappa shape index (κ3) is 5.35. The molecule has 1 atom stereocenters. The number of anilines is 3. The van der Waals surface area contributed by atoms with Crippen LogP contribution < -0.4 is 4.90 Å². The number of hydrogen-bond acceptors (Lipinski definition) is 3. The molecule has 9 aromatic rings. The van der Waals surface area contributed by atoms with Crippen LogP contribution in [0.5, 0.6) is 0 Å². The Bertz CT molecular complexity index is 2720. The molecular weight excluding hydrogens is 667 g/mol. The Morgan fingerprint density at radius 3 is 2.04 bits per heavy atom. The molecule has 52 heavy (non-hydrogen) atoms. The van der Waals surface area contributed by atoms with Gasteiger partial charge < -0.3 is 4.90 Å². The lowest BCUT2D eigenvalue weighted by Crippen LogP contribution is -2.10. The summed E-state index contributed by atoms with van der Waals surface area (Å²) in [6.07, 6.45) is 6.76. The predicted molar refractivity (Wildman–Crippen MR) is 227 cm³/mol. The van der Waals surface area contributed by atoms with Crippen LogP contribution in [0.1, 0.15) is 40.0 Å². The van der Waals surface area contributed by atoms with Gasteiger partial charge in [-0.25, -0.2) is 0 Å². The monoisotopic (exact) mass is 703 g/mol. The SMILES string of the molecule is CC1C=Cc2c(sc3ccc(N(c4ccccc4)c4cccc5sc6c7ccccc7c(CC(c7ccccc7)c7ccccc7)cc6c45)cc23)C1. The molecule has 1 nitrogen and oxygen atoms in total. The van der Waals surface area contributed by atoms with Crippen LogP contribution >= 0.6 is 22.7 Å². The summed E-state index contributed by atoms with van der Waals surface area (Å²) >= 11 is 3.88. The van der Waals surface area contributed by atoms with Gasteiger partial charge in [-0.1, -0.05) is 128 Å². The number of thiophene rings is 2. The van der Waals surface area contributed by atoms with Crippen molar-refractivity contribution in [3.05, 3.63) is 191 Å². The van der Waals surface area contributed by atoms with E-state index in [2.05, 4.69) is 182 Å². The van der Waals surface area contributed by atoms with Gasteiger partial charge in [0.25, 0.3) is 0 Å². The van der Waals surface area contributed by atoms with Gasteiger partial charge in [-0.2, -0.15) is 0 Å². The van der Waals surface area contributed by atoms with E-state index in [1.165, 1.54) is 79.5 Å². The van der Waals surface area contributed by atoms with Gasteiger partial charge in [-0.05, 0) is 100 Å². The van der Waals surface area contributed by atoms with E-state index in [4.69, 9.17) is 0 Å². The number of benzene rings is 7. The topological polar surface area (TPSA) is 3.24 Å². The Balaban J connectivity index is 1.20. The summed E-state index contributed by atoms with van der Waals surface area (Å²) < 4.78 is 4.03. The van der Waals surface area contributed by atoms with Crippen molar-refractivity contribution >= 4 is 86.8 Å². The molecule has 3 heteroatoms. The molecule has 0 radical (unpaired) electrons. The first kappa shape index (κ1) is 31.3. The van der Waals surface area contributed by atoms with Crippen molar-refractivity contribution in [2.75, 3.05) is 4.90 Å². The molecule has 1 aliphatic carbocycles. The average molecular weight is 704 g/mol. The Hall–Kier alpha value is -5.48. The number of fused-ring (bicyclic) bond motifs is 8. The normalized spacial score (nSPS) is 14.2. The van der Waals surface area contributed by atoms with Crippen LogP contribution in [0.4, 0.5) is 17.1 Å². The second-order valence-electron chi connectivity index (χ2n) is 14.1. The van der Waals surface area contributed by atoms with Crippen LogP contribution in [0.25, 0.3) is 47.1 Å². The van der Waals surface area contributed by atoms with Crippen LogP contribution in [0, 0.1) is 5.92 Å². The minimum Gasteiger partial charge on any atom is -0.310 e. The summed E-state index contributed by atoms with van der Waals surface area (Å²) in [5.41, 5.74) is 9.04. The van der Waals surface area contributed by atoms with Gasteiger partial charge >= 0.3 is 0 Å². The highest BCUT2D eigenvalue weighted by atomic mass is 32.1. The van der Waals surface area contributed by atoms with Crippen LogP contribution in [0.2, 0.25) is 0 Å². The van der Waals surface area contributed by atoms with Gasteiger partial charge in [-0.15, -0.1) is 22.7 Å². The molecule has 2 heterocycles. The first-order valence-electron chi connectivity index (χ1n) is 18.2. The predicted octanol–water partition coefficient (Wildman–Crippen LogP) is 14.5. The second-order valence-corrected chi connectivity index (χ2v) is 16.3. The molecular formula is C49H37NS2. The highest BCUT2D eigenvalue weighted by Crippen LogP contribution is 2.49. The summed E-state index contributed by atoms with van der Waals surface area (Å²) in [7, 11) is 0. The Kier molecular flexibility index (Phi) is 7.78. The van der Waals surface area contributed by atoms with Crippen LogP contribution in [-0.4, -0.2) is 0 Å². The minimum absolute atomic E-state index is 0.244. The van der Waals surface area contributed by atoms with Crippen LogP contribution in [0.3, 0.4) is 0 Å². The van der Waals surface area contributed by atoms with Crippen molar-refractivity contribution in [3.8, 4) is 0 Å². The molecule has 10 rings (SSSR count). The van der Waals surface area contributed by atoms with Crippen LogP contribution in [0.15, 0.2) is 164 Å².